The molecule has 28 heavy (non-hydrogen) atoms. The van der Waals surface area contributed by atoms with E-state index in [1.54, 1.807) is 24.5 Å². The zero-order valence-electron chi connectivity index (χ0n) is 15.8. The number of amides is 1. The minimum atomic E-state index is 0.0970. The third-order valence-electron chi connectivity index (χ3n) is 5.02. The van der Waals surface area contributed by atoms with Crippen LogP contribution in [0.15, 0.2) is 79.1 Å². The second-order valence-corrected chi connectivity index (χ2v) is 7.02. The second-order valence-electron chi connectivity index (χ2n) is 7.02. The number of aromatic nitrogens is 1. The van der Waals surface area contributed by atoms with Gasteiger partial charge in [-0.2, -0.15) is 0 Å². The molecule has 0 unspecified atom stereocenters. The standard InChI is InChI=1S/C23H23N3O2/c27-23(20-9-11-24-12-10-20)26-15-13-25(14-16-26)18-19-5-4-8-22(17-19)28-21-6-2-1-3-7-21/h1-12,17H,13-16,18H2/p+1. The van der Waals surface area contributed by atoms with Crippen molar-refractivity contribution in [2.45, 2.75) is 6.54 Å². The second kappa shape index (κ2) is 8.67. The van der Waals surface area contributed by atoms with Gasteiger partial charge in [0.05, 0.1) is 26.2 Å². The van der Waals surface area contributed by atoms with Crippen molar-refractivity contribution in [3.8, 4) is 11.5 Å². The fraction of sp³-hybridized carbons (Fsp3) is 0.217. The lowest BCUT2D eigenvalue weighted by Crippen LogP contribution is -3.13. The van der Waals surface area contributed by atoms with E-state index in [1.165, 1.54) is 10.5 Å². The van der Waals surface area contributed by atoms with Gasteiger partial charge < -0.3 is 14.5 Å². The first-order valence-corrected chi connectivity index (χ1v) is 9.63. The molecule has 0 bridgehead atoms. The summed E-state index contributed by atoms with van der Waals surface area (Å²) in [4.78, 5) is 20.0. The fourth-order valence-electron chi connectivity index (χ4n) is 3.51. The van der Waals surface area contributed by atoms with Crippen molar-refractivity contribution in [2.24, 2.45) is 0 Å². The van der Waals surface area contributed by atoms with Gasteiger partial charge in [-0.05, 0) is 36.4 Å². The summed E-state index contributed by atoms with van der Waals surface area (Å²) in [5.41, 5.74) is 1.96. The van der Waals surface area contributed by atoms with Crippen LogP contribution in [0.3, 0.4) is 0 Å². The van der Waals surface area contributed by atoms with E-state index in [4.69, 9.17) is 4.74 Å². The lowest BCUT2D eigenvalue weighted by atomic mass is 10.1. The van der Waals surface area contributed by atoms with Gasteiger partial charge in [-0.3, -0.25) is 9.78 Å². The van der Waals surface area contributed by atoms with Gasteiger partial charge in [0.15, 0.2) is 0 Å². The van der Waals surface area contributed by atoms with Crippen molar-refractivity contribution >= 4 is 5.91 Å². The monoisotopic (exact) mass is 374 g/mol. The molecule has 5 heteroatoms. The van der Waals surface area contributed by atoms with Crippen LogP contribution in [-0.4, -0.2) is 42.0 Å². The average molecular weight is 374 g/mol. The van der Waals surface area contributed by atoms with E-state index in [9.17, 15) is 4.79 Å². The summed E-state index contributed by atoms with van der Waals surface area (Å²) >= 11 is 0. The molecule has 142 valence electrons. The van der Waals surface area contributed by atoms with E-state index in [-0.39, 0.29) is 5.91 Å². The molecule has 1 N–H and O–H groups in total. The molecule has 2 aromatic carbocycles. The van der Waals surface area contributed by atoms with Gasteiger partial charge in [-0.15, -0.1) is 0 Å². The van der Waals surface area contributed by atoms with Crippen LogP contribution in [0.1, 0.15) is 15.9 Å². The molecule has 1 amide bonds. The molecule has 5 nitrogen and oxygen atoms in total. The van der Waals surface area contributed by atoms with Gasteiger partial charge in [0.1, 0.15) is 18.0 Å². The highest BCUT2D eigenvalue weighted by Gasteiger charge is 2.24. The van der Waals surface area contributed by atoms with Gasteiger partial charge in [0.25, 0.3) is 5.91 Å². The van der Waals surface area contributed by atoms with Crippen molar-refractivity contribution in [1.82, 2.24) is 9.88 Å². The lowest BCUT2D eigenvalue weighted by Gasteiger charge is -2.32. The van der Waals surface area contributed by atoms with E-state index >= 15 is 0 Å². The van der Waals surface area contributed by atoms with Gasteiger partial charge in [0.2, 0.25) is 0 Å². The third-order valence-corrected chi connectivity index (χ3v) is 5.02. The molecule has 1 aliphatic heterocycles. The van der Waals surface area contributed by atoms with Crippen molar-refractivity contribution in [1.29, 1.82) is 0 Å². The van der Waals surface area contributed by atoms with Crippen LogP contribution in [-0.2, 0) is 6.54 Å². The maximum Gasteiger partial charge on any atom is 0.254 e. The quantitative estimate of drug-likeness (QED) is 0.746. The molecule has 0 aliphatic carbocycles. The number of quaternary nitrogens is 1. The number of nitrogens with one attached hydrogen (secondary N) is 1. The molecule has 3 aromatic rings. The van der Waals surface area contributed by atoms with Gasteiger partial charge >= 0.3 is 0 Å². The molecule has 1 aliphatic rings. The number of hydrogen-bond donors (Lipinski definition) is 1. The number of pyridine rings is 1. The topological polar surface area (TPSA) is 46.9 Å². The minimum Gasteiger partial charge on any atom is -0.457 e. The van der Waals surface area contributed by atoms with Gasteiger partial charge in [0, 0.05) is 23.5 Å². The molecule has 0 radical (unpaired) electrons. The molecule has 2 heterocycles. The minimum absolute atomic E-state index is 0.0970. The van der Waals surface area contributed by atoms with Crippen LogP contribution in [0.5, 0.6) is 11.5 Å². The van der Waals surface area contributed by atoms with Crippen LogP contribution in [0.4, 0.5) is 0 Å². The van der Waals surface area contributed by atoms with E-state index in [2.05, 4.69) is 17.1 Å². The number of ether oxygens (including phenoxy) is 1. The number of para-hydroxylation sites is 1. The number of carbonyl (C=O) groups is 1. The van der Waals surface area contributed by atoms with Crippen molar-refractivity contribution in [2.75, 3.05) is 26.2 Å². The Balaban J connectivity index is 1.32. The summed E-state index contributed by atoms with van der Waals surface area (Å²) in [5.74, 6) is 1.80. The molecular weight excluding hydrogens is 350 g/mol. The fourth-order valence-corrected chi connectivity index (χ4v) is 3.51. The van der Waals surface area contributed by atoms with Gasteiger partial charge in [-0.1, -0.05) is 30.3 Å². The molecule has 0 saturated carbocycles. The number of nitrogens with zero attached hydrogens (tertiary/aromatic N) is 2. The number of benzene rings is 2. The normalized spacial score (nSPS) is 14.6. The Kier molecular flexibility index (Phi) is 5.64. The summed E-state index contributed by atoms with van der Waals surface area (Å²) in [6.45, 7) is 4.37. The zero-order chi connectivity index (χ0) is 19.2. The lowest BCUT2D eigenvalue weighted by molar-refractivity contribution is -0.917. The van der Waals surface area contributed by atoms with Crippen LogP contribution >= 0.6 is 0 Å². The Labute approximate surface area is 165 Å². The number of rotatable bonds is 5. The first-order valence-electron chi connectivity index (χ1n) is 9.63. The molecule has 0 spiro atoms. The predicted octanol–water partition coefficient (Wildman–Crippen LogP) is 2.41. The van der Waals surface area contributed by atoms with E-state index in [0.717, 1.165) is 44.2 Å². The summed E-state index contributed by atoms with van der Waals surface area (Å²) in [6, 6.07) is 21.6. The van der Waals surface area contributed by atoms with Crippen molar-refractivity contribution in [3.63, 3.8) is 0 Å². The Bertz CT molecular complexity index is 907. The Morgan fingerprint density at radius 1 is 0.929 bits per heavy atom. The zero-order valence-corrected chi connectivity index (χ0v) is 15.8. The molecule has 4 rings (SSSR count). The molecule has 1 saturated heterocycles. The maximum atomic E-state index is 12.6. The van der Waals surface area contributed by atoms with E-state index < -0.39 is 0 Å². The molecule has 0 atom stereocenters. The molecular formula is C23H24N3O2+. The summed E-state index contributed by atoms with van der Waals surface area (Å²) < 4.78 is 5.94. The van der Waals surface area contributed by atoms with Crippen LogP contribution in [0.25, 0.3) is 0 Å². The highest BCUT2D eigenvalue weighted by molar-refractivity contribution is 5.94. The molecule has 1 fully saturated rings. The largest absolute Gasteiger partial charge is 0.457 e. The number of hydrogen-bond acceptors (Lipinski definition) is 3. The maximum absolute atomic E-state index is 12.6. The van der Waals surface area contributed by atoms with Crippen molar-refractivity contribution < 1.29 is 14.4 Å². The Morgan fingerprint density at radius 3 is 2.39 bits per heavy atom. The smallest absolute Gasteiger partial charge is 0.254 e. The van der Waals surface area contributed by atoms with E-state index in [0.29, 0.717) is 5.56 Å². The first-order chi connectivity index (χ1) is 13.8. The number of carbonyl (C=O) groups excluding carboxylic acids is 1. The van der Waals surface area contributed by atoms with E-state index in [1.807, 2.05) is 47.4 Å². The van der Waals surface area contributed by atoms with Crippen molar-refractivity contribution in [3.05, 3.63) is 90.3 Å². The van der Waals surface area contributed by atoms with Crippen LogP contribution < -0.4 is 9.64 Å². The average Bonchev–Trinajstić information content (AvgIpc) is 2.75. The highest BCUT2D eigenvalue weighted by atomic mass is 16.5. The SMILES string of the molecule is O=C(c1ccncc1)N1CC[NH+](Cc2cccc(Oc3ccccc3)c2)CC1. The van der Waals surface area contributed by atoms with Crippen LogP contribution in [0, 0.1) is 0 Å². The predicted molar refractivity (Wildman–Crippen MR) is 107 cm³/mol. The third kappa shape index (κ3) is 4.56. The van der Waals surface area contributed by atoms with Gasteiger partial charge in [-0.25, -0.2) is 0 Å². The summed E-state index contributed by atoms with van der Waals surface area (Å²) in [7, 11) is 0. The Hall–Kier alpha value is -3.18. The highest BCUT2D eigenvalue weighted by Crippen LogP contribution is 2.21. The van der Waals surface area contributed by atoms with Crippen LogP contribution in [0.2, 0.25) is 0 Å². The Morgan fingerprint density at radius 2 is 1.64 bits per heavy atom. The molecule has 1 aromatic heterocycles. The first kappa shape index (κ1) is 18.2. The summed E-state index contributed by atoms with van der Waals surface area (Å²) in [6.07, 6.45) is 3.33. The number of piperazine rings is 1. The summed E-state index contributed by atoms with van der Waals surface area (Å²) in [5, 5.41) is 0.